The van der Waals surface area contributed by atoms with E-state index >= 15 is 0 Å². The van der Waals surface area contributed by atoms with Crippen LogP contribution < -0.4 is 21.1 Å². The molecule has 6 nitrogen and oxygen atoms in total. The summed E-state index contributed by atoms with van der Waals surface area (Å²) in [6, 6.07) is 15.7. The molecule has 1 aromatic heterocycles. The highest BCUT2D eigenvalue weighted by atomic mass is 127. The van der Waals surface area contributed by atoms with Crippen LogP contribution in [0.5, 0.6) is 5.75 Å². The van der Waals surface area contributed by atoms with Crippen molar-refractivity contribution in [2.24, 2.45) is 0 Å². The molecule has 3 aromatic rings. The molecule has 0 saturated carbocycles. The molecule has 4 N–H and O–H groups in total. The number of anilines is 5. The lowest BCUT2D eigenvalue weighted by Crippen LogP contribution is -2.05. The van der Waals surface area contributed by atoms with E-state index in [-0.39, 0.29) is 0 Å². The summed E-state index contributed by atoms with van der Waals surface area (Å²) in [6.45, 7) is 2.87. The Morgan fingerprint density at radius 3 is 2.04 bits per heavy atom. The minimum absolute atomic E-state index is 0.458. The fourth-order valence-corrected chi connectivity index (χ4v) is 2.73. The van der Waals surface area contributed by atoms with Crippen molar-refractivity contribution in [3.8, 4) is 5.75 Å². The SMILES string of the molecule is CCCCOc1ccc(Nc2ncnc(Nc3ccc(I)cc3)c2N)cc1. The van der Waals surface area contributed by atoms with Gasteiger partial charge in [0, 0.05) is 14.9 Å². The molecule has 2 aromatic carbocycles. The minimum Gasteiger partial charge on any atom is -0.494 e. The molecule has 0 fully saturated rings. The van der Waals surface area contributed by atoms with Crippen molar-refractivity contribution in [1.29, 1.82) is 0 Å². The van der Waals surface area contributed by atoms with Gasteiger partial charge < -0.3 is 21.1 Å². The number of hydrogen-bond acceptors (Lipinski definition) is 6. The average molecular weight is 475 g/mol. The van der Waals surface area contributed by atoms with E-state index in [9.17, 15) is 0 Å². The second-order valence-corrected chi connectivity index (χ2v) is 7.21. The third-order valence-corrected chi connectivity index (χ3v) is 4.59. The molecule has 1 heterocycles. The van der Waals surface area contributed by atoms with Crippen molar-refractivity contribution < 1.29 is 4.74 Å². The Balaban J connectivity index is 1.69. The van der Waals surface area contributed by atoms with Gasteiger partial charge in [0.15, 0.2) is 11.6 Å². The molecular weight excluding hydrogens is 453 g/mol. The average Bonchev–Trinajstić information content (AvgIpc) is 2.68. The number of nitrogens with two attached hydrogens (primary N) is 1. The number of nitrogen functional groups attached to an aromatic ring is 1. The van der Waals surface area contributed by atoms with E-state index < -0.39 is 0 Å². The van der Waals surface area contributed by atoms with E-state index in [2.05, 4.69) is 50.1 Å². The molecule has 0 saturated heterocycles. The summed E-state index contributed by atoms with van der Waals surface area (Å²) >= 11 is 2.27. The Kier molecular flexibility index (Phi) is 6.69. The predicted molar refractivity (Wildman–Crippen MR) is 119 cm³/mol. The van der Waals surface area contributed by atoms with Gasteiger partial charge in [-0.25, -0.2) is 9.97 Å². The summed E-state index contributed by atoms with van der Waals surface area (Å²) < 4.78 is 6.85. The molecule has 140 valence electrons. The van der Waals surface area contributed by atoms with Crippen molar-refractivity contribution >= 4 is 51.3 Å². The number of aromatic nitrogens is 2. The van der Waals surface area contributed by atoms with Gasteiger partial charge in [-0.1, -0.05) is 13.3 Å². The first-order chi connectivity index (χ1) is 13.2. The van der Waals surface area contributed by atoms with Crippen LogP contribution in [-0.4, -0.2) is 16.6 Å². The fourth-order valence-electron chi connectivity index (χ4n) is 2.37. The van der Waals surface area contributed by atoms with E-state index in [0.29, 0.717) is 17.3 Å². The molecule has 0 bridgehead atoms. The summed E-state index contributed by atoms with van der Waals surface area (Å²) in [6.07, 6.45) is 3.65. The first-order valence-corrected chi connectivity index (χ1v) is 9.86. The van der Waals surface area contributed by atoms with Crippen molar-refractivity contribution in [2.45, 2.75) is 19.8 Å². The second kappa shape index (κ2) is 9.40. The van der Waals surface area contributed by atoms with Gasteiger partial charge in [-0.2, -0.15) is 0 Å². The largest absolute Gasteiger partial charge is 0.494 e. The molecule has 27 heavy (non-hydrogen) atoms. The molecular formula is C20H22IN5O. The topological polar surface area (TPSA) is 85.1 Å². The third-order valence-electron chi connectivity index (χ3n) is 3.87. The molecule has 0 aliphatic heterocycles. The Hall–Kier alpha value is -2.55. The number of benzene rings is 2. The van der Waals surface area contributed by atoms with Crippen LogP contribution in [0, 0.1) is 3.57 Å². The van der Waals surface area contributed by atoms with Gasteiger partial charge in [0.05, 0.1) is 6.61 Å². The molecule has 0 aliphatic rings. The normalized spacial score (nSPS) is 10.4. The molecule has 0 radical (unpaired) electrons. The monoisotopic (exact) mass is 475 g/mol. The predicted octanol–water partition coefficient (Wildman–Crippen LogP) is 5.33. The van der Waals surface area contributed by atoms with Gasteiger partial charge in [0.25, 0.3) is 0 Å². The van der Waals surface area contributed by atoms with E-state index in [1.807, 2.05) is 48.5 Å². The van der Waals surface area contributed by atoms with Crippen LogP contribution in [0.25, 0.3) is 0 Å². The van der Waals surface area contributed by atoms with Crippen molar-refractivity contribution in [3.63, 3.8) is 0 Å². The Bertz CT molecular complexity index is 869. The second-order valence-electron chi connectivity index (χ2n) is 5.97. The maximum absolute atomic E-state index is 6.24. The first-order valence-electron chi connectivity index (χ1n) is 8.78. The number of rotatable bonds is 8. The molecule has 0 spiro atoms. The van der Waals surface area contributed by atoms with E-state index in [1.54, 1.807) is 0 Å². The molecule has 0 unspecified atom stereocenters. The van der Waals surface area contributed by atoms with Crippen LogP contribution in [0.15, 0.2) is 54.9 Å². The summed E-state index contributed by atoms with van der Waals surface area (Å²) in [5.74, 6) is 1.97. The number of unbranched alkanes of at least 4 members (excludes halogenated alkanes) is 1. The highest BCUT2D eigenvalue weighted by Crippen LogP contribution is 2.28. The Morgan fingerprint density at radius 2 is 1.48 bits per heavy atom. The van der Waals surface area contributed by atoms with Crippen molar-refractivity contribution in [3.05, 3.63) is 58.4 Å². The van der Waals surface area contributed by atoms with Gasteiger partial charge in [-0.15, -0.1) is 0 Å². The number of halogens is 1. The van der Waals surface area contributed by atoms with Crippen LogP contribution in [0.2, 0.25) is 0 Å². The zero-order valence-electron chi connectivity index (χ0n) is 15.1. The first kappa shape index (κ1) is 19.2. The number of ether oxygens (including phenoxy) is 1. The van der Waals surface area contributed by atoms with E-state index in [1.165, 1.54) is 9.90 Å². The lowest BCUT2D eigenvalue weighted by atomic mass is 10.3. The smallest absolute Gasteiger partial charge is 0.159 e. The zero-order chi connectivity index (χ0) is 19.1. The van der Waals surface area contributed by atoms with Crippen LogP contribution >= 0.6 is 22.6 Å². The lowest BCUT2D eigenvalue weighted by Gasteiger charge is -2.13. The van der Waals surface area contributed by atoms with Gasteiger partial charge in [0.1, 0.15) is 17.8 Å². The standard InChI is InChI=1S/C20H22IN5O/c1-2-3-12-27-17-10-8-16(9-11-17)26-20-18(22)19(23-13-24-20)25-15-6-4-14(21)5-7-15/h4-11,13H,2-3,12,22H2,1H3,(H2,23,24,25,26). The zero-order valence-corrected chi connectivity index (χ0v) is 17.2. The van der Waals surface area contributed by atoms with Crippen molar-refractivity contribution in [2.75, 3.05) is 23.0 Å². The summed E-state index contributed by atoms with van der Waals surface area (Å²) in [5, 5.41) is 6.45. The fraction of sp³-hybridized carbons (Fsp3) is 0.200. The number of nitrogens with one attached hydrogen (secondary N) is 2. The number of hydrogen-bond donors (Lipinski definition) is 3. The summed E-state index contributed by atoms with van der Waals surface area (Å²) in [7, 11) is 0. The minimum atomic E-state index is 0.458. The van der Waals surface area contributed by atoms with Gasteiger partial charge in [-0.3, -0.25) is 0 Å². The van der Waals surface area contributed by atoms with E-state index in [0.717, 1.165) is 36.6 Å². The maximum Gasteiger partial charge on any atom is 0.159 e. The molecule has 3 rings (SSSR count). The van der Waals surface area contributed by atoms with Crippen LogP contribution in [0.3, 0.4) is 0 Å². The Labute approximate surface area is 172 Å². The highest BCUT2D eigenvalue weighted by Gasteiger charge is 2.09. The lowest BCUT2D eigenvalue weighted by molar-refractivity contribution is 0.309. The molecule has 0 atom stereocenters. The van der Waals surface area contributed by atoms with Gasteiger partial charge in [-0.05, 0) is 77.5 Å². The third kappa shape index (κ3) is 5.46. The van der Waals surface area contributed by atoms with Crippen molar-refractivity contribution in [1.82, 2.24) is 9.97 Å². The maximum atomic E-state index is 6.24. The summed E-state index contributed by atoms with van der Waals surface area (Å²) in [4.78, 5) is 8.50. The van der Waals surface area contributed by atoms with Gasteiger partial charge in [0.2, 0.25) is 0 Å². The summed E-state index contributed by atoms with van der Waals surface area (Å²) in [5.41, 5.74) is 8.50. The van der Waals surface area contributed by atoms with Crippen LogP contribution in [0.4, 0.5) is 28.7 Å². The van der Waals surface area contributed by atoms with Crippen LogP contribution in [-0.2, 0) is 0 Å². The van der Waals surface area contributed by atoms with Gasteiger partial charge >= 0.3 is 0 Å². The molecule has 0 aliphatic carbocycles. The quantitative estimate of drug-likeness (QED) is 0.302. The van der Waals surface area contributed by atoms with E-state index in [4.69, 9.17) is 10.5 Å². The molecule has 0 amide bonds. The molecule has 7 heteroatoms. The van der Waals surface area contributed by atoms with Crippen LogP contribution in [0.1, 0.15) is 19.8 Å². The highest BCUT2D eigenvalue weighted by molar-refractivity contribution is 14.1. The Morgan fingerprint density at radius 1 is 0.926 bits per heavy atom. The number of nitrogens with zero attached hydrogens (tertiary/aromatic N) is 2.